The molecule has 0 unspecified atom stereocenters. The second-order valence-corrected chi connectivity index (χ2v) is 4.38. The first-order valence-electron chi connectivity index (χ1n) is 6.29. The lowest BCUT2D eigenvalue weighted by Gasteiger charge is -2.23. The summed E-state index contributed by atoms with van der Waals surface area (Å²) in [5.74, 6) is 0.335. The average molecular weight is 282 g/mol. The third kappa shape index (κ3) is 3.20. The molecule has 0 aliphatic heterocycles. The number of aliphatic hydroxyl groups is 2. The summed E-state index contributed by atoms with van der Waals surface area (Å²) in [5.41, 5.74) is 1.26. The molecule has 0 saturated heterocycles. The number of aliphatic hydroxyl groups excluding tert-OH is 2. The minimum Gasteiger partial charge on any atom is -0.395 e. The van der Waals surface area contributed by atoms with Crippen LogP contribution in [0.5, 0.6) is 0 Å². The molecule has 0 fully saturated rings. The number of alkyl halides is 2. The molecule has 2 rings (SSSR count). The van der Waals surface area contributed by atoms with Crippen LogP contribution in [0.25, 0.3) is 10.9 Å². The number of benzene rings is 1. The van der Waals surface area contributed by atoms with E-state index in [-0.39, 0.29) is 19.8 Å². The van der Waals surface area contributed by atoms with Gasteiger partial charge >= 0.3 is 0 Å². The second kappa shape index (κ2) is 6.58. The number of halogens is 2. The van der Waals surface area contributed by atoms with E-state index in [9.17, 15) is 13.9 Å². The standard InChI is InChI=1S/C14H16F2N2O2/c15-13(16)8-18(5-6-19)14-7-10(9-20)11-3-1-2-4-12(11)17-14/h1-4,7,13,19-20H,5-6,8-9H2. The predicted octanol–water partition coefficient (Wildman–Crippen LogP) is 1.79. The monoisotopic (exact) mass is 282 g/mol. The molecule has 1 aromatic heterocycles. The predicted molar refractivity (Wildman–Crippen MR) is 73.0 cm³/mol. The average Bonchev–Trinajstić information content (AvgIpc) is 2.45. The quantitative estimate of drug-likeness (QED) is 0.848. The van der Waals surface area contributed by atoms with Crippen LogP contribution in [0, 0.1) is 0 Å². The molecule has 1 aromatic carbocycles. The molecule has 0 aliphatic rings. The molecule has 1 heterocycles. The molecule has 0 aliphatic carbocycles. The minimum absolute atomic E-state index is 0.0700. The number of para-hydroxylation sites is 1. The van der Waals surface area contributed by atoms with Gasteiger partial charge in [-0.25, -0.2) is 13.8 Å². The molecule has 0 saturated carbocycles. The summed E-state index contributed by atoms with van der Waals surface area (Å²) in [4.78, 5) is 5.64. The number of nitrogens with zero attached hydrogens (tertiary/aromatic N) is 2. The molecule has 108 valence electrons. The fourth-order valence-electron chi connectivity index (χ4n) is 2.11. The van der Waals surface area contributed by atoms with Gasteiger partial charge in [0.1, 0.15) is 5.82 Å². The molecule has 6 heteroatoms. The summed E-state index contributed by atoms with van der Waals surface area (Å²) in [6.45, 7) is -0.870. The van der Waals surface area contributed by atoms with Crippen molar-refractivity contribution >= 4 is 16.7 Å². The molecule has 0 radical (unpaired) electrons. The van der Waals surface area contributed by atoms with Crippen LogP contribution in [-0.2, 0) is 6.61 Å². The zero-order chi connectivity index (χ0) is 14.5. The van der Waals surface area contributed by atoms with E-state index in [0.29, 0.717) is 16.9 Å². The van der Waals surface area contributed by atoms with Crippen molar-refractivity contribution < 1.29 is 19.0 Å². The summed E-state index contributed by atoms with van der Waals surface area (Å²) in [7, 11) is 0. The Morgan fingerprint density at radius 3 is 2.60 bits per heavy atom. The van der Waals surface area contributed by atoms with Gasteiger partial charge in [0.05, 0.1) is 25.3 Å². The van der Waals surface area contributed by atoms with Crippen molar-refractivity contribution in [3.63, 3.8) is 0 Å². The molecule has 20 heavy (non-hydrogen) atoms. The van der Waals surface area contributed by atoms with Gasteiger partial charge in [-0.1, -0.05) is 18.2 Å². The zero-order valence-corrected chi connectivity index (χ0v) is 10.8. The fraction of sp³-hybridized carbons (Fsp3) is 0.357. The highest BCUT2D eigenvalue weighted by Crippen LogP contribution is 2.23. The van der Waals surface area contributed by atoms with Gasteiger partial charge in [-0.3, -0.25) is 0 Å². The van der Waals surface area contributed by atoms with Gasteiger partial charge in [0.25, 0.3) is 6.43 Å². The first-order valence-corrected chi connectivity index (χ1v) is 6.29. The fourth-order valence-corrected chi connectivity index (χ4v) is 2.11. The van der Waals surface area contributed by atoms with Crippen molar-refractivity contribution in [2.75, 3.05) is 24.6 Å². The summed E-state index contributed by atoms with van der Waals surface area (Å²) in [6, 6.07) is 8.79. The highest BCUT2D eigenvalue weighted by molar-refractivity contribution is 5.84. The Kier molecular flexibility index (Phi) is 4.81. The van der Waals surface area contributed by atoms with E-state index < -0.39 is 13.0 Å². The lowest BCUT2D eigenvalue weighted by atomic mass is 10.1. The first kappa shape index (κ1) is 14.6. The maximum atomic E-state index is 12.6. The van der Waals surface area contributed by atoms with Crippen LogP contribution < -0.4 is 4.90 Å². The van der Waals surface area contributed by atoms with Gasteiger partial charge in [0.15, 0.2) is 0 Å². The van der Waals surface area contributed by atoms with Crippen LogP contribution in [0.1, 0.15) is 5.56 Å². The van der Waals surface area contributed by atoms with E-state index in [1.54, 1.807) is 18.2 Å². The Bertz CT molecular complexity index is 578. The molecule has 2 aromatic rings. The zero-order valence-electron chi connectivity index (χ0n) is 10.8. The molecular formula is C14H16F2N2O2. The van der Waals surface area contributed by atoms with Crippen LogP contribution in [0.4, 0.5) is 14.6 Å². The Balaban J connectivity index is 2.46. The summed E-state index contributed by atoms with van der Waals surface area (Å²) in [6.07, 6.45) is -2.52. The number of pyridine rings is 1. The Hall–Kier alpha value is -1.79. The third-order valence-electron chi connectivity index (χ3n) is 3.01. The van der Waals surface area contributed by atoms with Crippen molar-refractivity contribution in [1.82, 2.24) is 4.98 Å². The van der Waals surface area contributed by atoms with E-state index in [1.807, 2.05) is 12.1 Å². The Labute approximate surface area is 115 Å². The van der Waals surface area contributed by atoms with Crippen LogP contribution >= 0.6 is 0 Å². The SMILES string of the molecule is OCCN(CC(F)F)c1cc(CO)c2ccccc2n1. The van der Waals surface area contributed by atoms with Crippen LogP contribution in [0.2, 0.25) is 0 Å². The van der Waals surface area contributed by atoms with E-state index in [2.05, 4.69) is 4.98 Å². The van der Waals surface area contributed by atoms with Gasteiger partial charge in [-0.2, -0.15) is 0 Å². The maximum Gasteiger partial charge on any atom is 0.255 e. The van der Waals surface area contributed by atoms with E-state index in [1.165, 1.54) is 4.90 Å². The van der Waals surface area contributed by atoms with Crippen molar-refractivity contribution in [2.24, 2.45) is 0 Å². The second-order valence-electron chi connectivity index (χ2n) is 4.38. The number of fused-ring (bicyclic) bond motifs is 1. The highest BCUT2D eigenvalue weighted by Gasteiger charge is 2.15. The molecular weight excluding hydrogens is 266 g/mol. The molecule has 0 amide bonds. The van der Waals surface area contributed by atoms with Crippen LogP contribution in [-0.4, -0.2) is 41.3 Å². The number of aromatic nitrogens is 1. The van der Waals surface area contributed by atoms with Crippen molar-refractivity contribution in [3.8, 4) is 0 Å². The maximum absolute atomic E-state index is 12.6. The topological polar surface area (TPSA) is 56.6 Å². The highest BCUT2D eigenvalue weighted by atomic mass is 19.3. The third-order valence-corrected chi connectivity index (χ3v) is 3.01. The van der Waals surface area contributed by atoms with Gasteiger partial charge in [-0.15, -0.1) is 0 Å². The molecule has 2 N–H and O–H groups in total. The lowest BCUT2D eigenvalue weighted by molar-refractivity contribution is 0.152. The van der Waals surface area contributed by atoms with Crippen molar-refractivity contribution in [2.45, 2.75) is 13.0 Å². The van der Waals surface area contributed by atoms with E-state index in [4.69, 9.17) is 5.11 Å². The Morgan fingerprint density at radius 2 is 1.95 bits per heavy atom. The van der Waals surface area contributed by atoms with E-state index >= 15 is 0 Å². The normalized spacial score (nSPS) is 11.2. The summed E-state index contributed by atoms with van der Waals surface area (Å²) >= 11 is 0. The number of rotatable bonds is 6. The molecule has 0 spiro atoms. The number of hydrogen-bond donors (Lipinski definition) is 2. The van der Waals surface area contributed by atoms with Crippen molar-refractivity contribution in [3.05, 3.63) is 35.9 Å². The van der Waals surface area contributed by atoms with Crippen LogP contribution in [0.15, 0.2) is 30.3 Å². The van der Waals surface area contributed by atoms with Gasteiger partial charge in [0, 0.05) is 11.9 Å². The number of hydrogen-bond acceptors (Lipinski definition) is 4. The van der Waals surface area contributed by atoms with E-state index in [0.717, 1.165) is 5.39 Å². The molecule has 4 nitrogen and oxygen atoms in total. The van der Waals surface area contributed by atoms with Gasteiger partial charge in [-0.05, 0) is 17.7 Å². The lowest BCUT2D eigenvalue weighted by Crippen LogP contribution is -2.32. The van der Waals surface area contributed by atoms with Gasteiger partial charge in [0.2, 0.25) is 0 Å². The van der Waals surface area contributed by atoms with Crippen LogP contribution in [0.3, 0.4) is 0 Å². The minimum atomic E-state index is -2.52. The molecule has 0 atom stereocenters. The first-order chi connectivity index (χ1) is 9.65. The molecule has 0 bridgehead atoms. The smallest absolute Gasteiger partial charge is 0.255 e. The summed E-state index contributed by atoms with van der Waals surface area (Å²) < 4.78 is 25.2. The number of anilines is 1. The van der Waals surface area contributed by atoms with Crippen molar-refractivity contribution in [1.29, 1.82) is 0 Å². The van der Waals surface area contributed by atoms with Gasteiger partial charge < -0.3 is 15.1 Å². The Morgan fingerprint density at radius 1 is 1.20 bits per heavy atom. The summed E-state index contributed by atoms with van der Waals surface area (Å²) in [5, 5.41) is 19.2. The largest absolute Gasteiger partial charge is 0.395 e.